The summed E-state index contributed by atoms with van der Waals surface area (Å²) in [5.41, 5.74) is 1.01. The van der Waals surface area contributed by atoms with Crippen LogP contribution in [0.1, 0.15) is 0 Å². The van der Waals surface area contributed by atoms with E-state index in [1.807, 2.05) is 6.08 Å². The Hall–Kier alpha value is -0.0500. The minimum absolute atomic E-state index is 0.338. The third-order valence-corrected chi connectivity index (χ3v) is 2.13. The summed E-state index contributed by atoms with van der Waals surface area (Å²) in [5, 5.41) is 0. The van der Waals surface area contributed by atoms with Gasteiger partial charge in [0, 0.05) is 0 Å². The Morgan fingerprint density at radius 3 is 2.12 bits per heavy atom. The van der Waals surface area contributed by atoms with Crippen LogP contribution in [0.15, 0.2) is 37.5 Å². The average molecular weight is 220 g/mol. The summed E-state index contributed by atoms with van der Waals surface area (Å²) in [6.45, 7) is 10.9. The van der Waals surface area contributed by atoms with Gasteiger partial charge < -0.3 is 0 Å². The molecular formula is C7H9I. The molecule has 0 aliphatic carbocycles. The van der Waals surface area contributed by atoms with Gasteiger partial charge in [0.1, 0.15) is 0 Å². The fourth-order valence-corrected chi connectivity index (χ4v) is 0.518. The molecule has 0 aliphatic heterocycles. The summed E-state index contributed by atoms with van der Waals surface area (Å²) >= 11 is 2.24. The number of hydrogen-bond donors (Lipinski definition) is 0. The Morgan fingerprint density at radius 1 is 1.50 bits per heavy atom. The standard InChI is InChI=1S/C7H9I/c1-4-6(3)7(8)5-2/h4-5,7H,1-3H2. The van der Waals surface area contributed by atoms with Crippen LogP contribution in [0, 0.1) is 0 Å². The summed E-state index contributed by atoms with van der Waals surface area (Å²) in [5.74, 6) is 0. The Balaban J connectivity index is 3.80. The summed E-state index contributed by atoms with van der Waals surface area (Å²) in [6, 6.07) is 0. The van der Waals surface area contributed by atoms with Gasteiger partial charge >= 0.3 is 0 Å². The number of rotatable bonds is 3. The van der Waals surface area contributed by atoms with E-state index in [2.05, 4.69) is 42.3 Å². The van der Waals surface area contributed by atoms with E-state index in [1.165, 1.54) is 0 Å². The molecule has 1 atom stereocenters. The lowest BCUT2D eigenvalue weighted by Crippen LogP contribution is -1.90. The highest BCUT2D eigenvalue weighted by Gasteiger charge is 1.96. The van der Waals surface area contributed by atoms with Crippen molar-refractivity contribution in [2.75, 3.05) is 0 Å². The van der Waals surface area contributed by atoms with Gasteiger partial charge in [0.25, 0.3) is 0 Å². The highest BCUT2D eigenvalue weighted by molar-refractivity contribution is 14.1. The van der Waals surface area contributed by atoms with Crippen molar-refractivity contribution in [1.82, 2.24) is 0 Å². The quantitative estimate of drug-likeness (QED) is 0.297. The normalized spacial score (nSPS) is 12.1. The van der Waals surface area contributed by atoms with Gasteiger partial charge in [-0.15, -0.1) is 6.58 Å². The number of hydrogen-bond acceptors (Lipinski definition) is 0. The lowest BCUT2D eigenvalue weighted by molar-refractivity contribution is 1.39. The molecule has 8 heavy (non-hydrogen) atoms. The molecule has 0 saturated heterocycles. The van der Waals surface area contributed by atoms with Crippen LogP contribution >= 0.6 is 22.6 Å². The van der Waals surface area contributed by atoms with E-state index >= 15 is 0 Å². The van der Waals surface area contributed by atoms with Gasteiger partial charge in [-0.25, -0.2) is 0 Å². The Morgan fingerprint density at radius 2 is 2.00 bits per heavy atom. The van der Waals surface area contributed by atoms with Crippen molar-refractivity contribution in [1.29, 1.82) is 0 Å². The molecule has 0 radical (unpaired) electrons. The predicted octanol–water partition coefficient (Wildman–Crippen LogP) is 2.72. The molecule has 0 spiro atoms. The van der Waals surface area contributed by atoms with Gasteiger partial charge in [-0.1, -0.05) is 47.9 Å². The zero-order chi connectivity index (χ0) is 6.57. The van der Waals surface area contributed by atoms with E-state index in [0.717, 1.165) is 5.57 Å². The van der Waals surface area contributed by atoms with Crippen LogP contribution in [0.4, 0.5) is 0 Å². The average Bonchev–Trinajstić information content (AvgIpc) is 1.84. The van der Waals surface area contributed by atoms with Crippen LogP contribution in [-0.2, 0) is 0 Å². The number of halogens is 1. The maximum Gasteiger partial charge on any atom is 0.0530 e. The first kappa shape index (κ1) is 7.95. The maximum atomic E-state index is 3.75. The van der Waals surface area contributed by atoms with Gasteiger partial charge in [-0.2, -0.15) is 0 Å². The molecule has 0 N–H and O–H groups in total. The highest BCUT2D eigenvalue weighted by Crippen LogP contribution is 2.11. The lowest BCUT2D eigenvalue weighted by atomic mass is 10.2. The molecule has 0 aromatic carbocycles. The van der Waals surface area contributed by atoms with Crippen LogP contribution in [0.25, 0.3) is 0 Å². The van der Waals surface area contributed by atoms with Crippen molar-refractivity contribution in [3.05, 3.63) is 37.5 Å². The van der Waals surface area contributed by atoms with E-state index in [1.54, 1.807) is 6.08 Å². The summed E-state index contributed by atoms with van der Waals surface area (Å²) < 4.78 is 0.338. The van der Waals surface area contributed by atoms with Crippen LogP contribution in [0.3, 0.4) is 0 Å². The Kier molecular flexibility index (Phi) is 3.87. The van der Waals surface area contributed by atoms with Gasteiger partial charge in [0.05, 0.1) is 3.92 Å². The van der Waals surface area contributed by atoms with E-state index < -0.39 is 0 Å². The largest absolute Gasteiger partial charge is 0.102 e. The molecule has 0 aromatic heterocycles. The molecule has 0 amide bonds. The molecule has 0 aliphatic rings. The summed E-state index contributed by atoms with van der Waals surface area (Å²) in [7, 11) is 0. The Labute approximate surface area is 64.1 Å². The van der Waals surface area contributed by atoms with E-state index in [-0.39, 0.29) is 0 Å². The third kappa shape index (κ3) is 2.31. The molecule has 1 heteroatoms. The first-order chi connectivity index (χ1) is 3.72. The molecule has 1 unspecified atom stereocenters. The molecule has 0 rings (SSSR count). The van der Waals surface area contributed by atoms with Crippen molar-refractivity contribution < 1.29 is 0 Å². The topological polar surface area (TPSA) is 0 Å². The molecule has 0 bridgehead atoms. The molecule has 0 saturated carbocycles. The van der Waals surface area contributed by atoms with Crippen molar-refractivity contribution in [2.24, 2.45) is 0 Å². The van der Waals surface area contributed by atoms with Crippen molar-refractivity contribution in [3.63, 3.8) is 0 Å². The Bertz CT molecular complexity index is 114. The van der Waals surface area contributed by atoms with Crippen LogP contribution < -0.4 is 0 Å². The molecule has 44 valence electrons. The van der Waals surface area contributed by atoms with Crippen molar-refractivity contribution in [3.8, 4) is 0 Å². The van der Waals surface area contributed by atoms with Crippen LogP contribution in [-0.4, -0.2) is 3.92 Å². The molecular weight excluding hydrogens is 211 g/mol. The lowest BCUT2D eigenvalue weighted by Gasteiger charge is -1.99. The zero-order valence-corrected chi connectivity index (χ0v) is 6.89. The molecule has 0 nitrogen and oxygen atoms in total. The fraction of sp³-hybridized carbons (Fsp3) is 0.143. The minimum Gasteiger partial charge on any atom is -0.102 e. The smallest absolute Gasteiger partial charge is 0.0530 e. The zero-order valence-electron chi connectivity index (χ0n) is 4.73. The van der Waals surface area contributed by atoms with Gasteiger partial charge in [0.15, 0.2) is 0 Å². The summed E-state index contributed by atoms with van der Waals surface area (Å²) in [4.78, 5) is 0. The van der Waals surface area contributed by atoms with E-state index in [4.69, 9.17) is 0 Å². The van der Waals surface area contributed by atoms with Gasteiger partial charge in [-0.3, -0.25) is 0 Å². The van der Waals surface area contributed by atoms with E-state index in [0.29, 0.717) is 3.92 Å². The third-order valence-electron chi connectivity index (χ3n) is 0.823. The molecule has 0 fully saturated rings. The monoisotopic (exact) mass is 220 g/mol. The maximum absolute atomic E-state index is 3.75. The van der Waals surface area contributed by atoms with E-state index in [9.17, 15) is 0 Å². The second-order valence-electron chi connectivity index (χ2n) is 1.42. The summed E-state index contributed by atoms with van der Waals surface area (Å²) in [6.07, 6.45) is 3.59. The fourth-order valence-electron chi connectivity index (χ4n) is 0.264. The highest BCUT2D eigenvalue weighted by atomic mass is 127. The van der Waals surface area contributed by atoms with Crippen LogP contribution in [0.2, 0.25) is 0 Å². The second-order valence-corrected chi connectivity index (χ2v) is 2.76. The van der Waals surface area contributed by atoms with Gasteiger partial charge in [-0.05, 0) is 5.57 Å². The first-order valence-corrected chi connectivity index (χ1v) is 3.54. The predicted molar refractivity (Wildman–Crippen MR) is 47.3 cm³/mol. The number of alkyl halides is 1. The van der Waals surface area contributed by atoms with Crippen molar-refractivity contribution in [2.45, 2.75) is 3.92 Å². The number of allylic oxidation sites excluding steroid dienone is 3. The first-order valence-electron chi connectivity index (χ1n) is 2.30. The molecule has 0 aromatic rings. The minimum atomic E-state index is 0.338. The second kappa shape index (κ2) is 3.89. The molecule has 0 heterocycles. The van der Waals surface area contributed by atoms with Gasteiger partial charge in [0.2, 0.25) is 0 Å². The van der Waals surface area contributed by atoms with Crippen molar-refractivity contribution >= 4 is 22.6 Å². The SMILES string of the molecule is C=CC(=C)C(I)C=C. The van der Waals surface area contributed by atoms with Crippen LogP contribution in [0.5, 0.6) is 0 Å².